The van der Waals surface area contributed by atoms with Crippen LogP contribution in [0.4, 0.5) is 0 Å². The Morgan fingerprint density at radius 3 is 2.58 bits per heavy atom. The Balaban J connectivity index is 1.94. The normalized spacial score (nSPS) is 23.7. The van der Waals surface area contributed by atoms with Crippen molar-refractivity contribution < 1.29 is 9.47 Å². The van der Waals surface area contributed by atoms with Crippen molar-refractivity contribution in [2.24, 2.45) is 11.7 Å². The van der Waals surface area contributed by atoms with Gasteiger partial charge in [0.2, 0.25) is 0 Å². The maximum atomic E-state index is 5.77. The number of nitrogens with zero attached hydrogens (tertiary/aromatic N) is 1. The molecule has 2 unspecified atom stereocenters. The van der Waals surface area contributed by atoms with Gasteiger partial charge in [-0.2, -0.15) is 0 Å². The van der Waals surface area contributed by atoms with Gasteiger partial charge in [-0.1, -0.05) is 12.1 Å². The first-order chi connectivity index (χ1) is 9.24. The highest BCUT2D eigenvalue weighted by atomic mass is 16.5. The van der Waals surface area contributed by atoms with E-state index in [1.807, 2.05) is 12.1 Å². The molecule has 19 heavy (non-hydrogen) atoms. The minimum atomic E-state index is 0.488. The van der Waals surface area contributed by atoms with E-state index in [0.717, 1.165) is 25.3 Å². The van der Waals surface area contributed by atoms with Crippen LogP contribution >= 0.6 is 0 Å². The molecule has 1 aliphatic rings. The van der Waals surface area contributed by atoms with Gasteiger partial charge in [-0.25, -0.2) is 0 Å². The minimum absolute atomic E-state index is 0.488. The Morgan fingerprint density at radius 2 is 2.00 bits per heavy atom. The zero-order valence-electron chi connectivity index (χ0n) is 11.8. The summed E-state index contributed by atoms with van der Waals surface area (Å²) in [5.41, 5.74) is 7.11. The van der Waals surface area contributed by atoms with Crippen molar-refractivity contribution in [2.75, 3.05) is 40.5 Å². The van der Waals surface area contributed by atoms with Crippen molar-refractivity contribution in [3.63, 3.8) is 0 Å². The van der Waals surface area contributed by atoms with Crippen LogP contribution in [-0.4, -0.2) is 45.4 Å². The van der Waals surface area contributed by atoms with Gasteiger partial charge < -0.3 is 15.2 Å². The summed E-state index contributed by atoms with van der Waals surface area (Å²) in [6.45, 7) is 3.08. The van der Waals surface area contributed by atoms with Crippen LogP contribution in [-0.2, 0) is 4.74 Å². The van der Waals surface area contributed by atoms with Gasteiger partial charge in [0, 0.05) is 19.7 Å². The molecule has 4 heteroatoms. The van der Waals surface area contributed by atoms with Gasteiger partial charge in [-0.05, 0) is 43.6 Å². The molecule has 1 aromatic rings. The molecular formula is C15H24N2O2. The van der Waals surface area contributed by atoms with Gasteiger partial charge in [-0.15, -0.1) is 0 Å². The number of hydrogen-bond donors (Lipinski definition) is 1. The second kappa shape index (κ2) is 6.89. The third-order valence-electron chi connectivity index (χ3n) is 3.79. The SMILES string of the molecule is COCCOc1ccc(C2CC(CN)CN2C)cc1. The smallest absolute Gasteiger partial charge is 0.119 e. The molecule has 1 aliphatic heterocycles. The van der Waals surface area contributed by atoms with E-state index in [9.17, 15) is 0 Å². The molecule has 1 heterocycles. The van der Waals surface area contributed by atoms with Crippen molar-refractivity contribution in [1.29, 1.82) is 0 Å². The molecule has 1 aromatic carbocycles. The minimum Gasteiger partial charge on any atom is -0.491 e. The maximum absolute atomic E-state index is 5.77. The highest BCUT2D eigenvalue weighted by Gasteiger charge is 2.29. The molecule has 0 spiro atoms. The lowest BCUT2D eigenvalue weighted by Gasteiger charge is -2.19. The lowest BCUT2D eigenvalue weighted by molar-refractivity contribution is 0.146. The summed E-state index contributed by atoms with van der Waals surface area (Å²) >= 11 is 0. The summed E-state index contributed by atoms with van der Waals surface area (Å²) < 4.78 is 10.5. The van der Waals surface area contributed by atoms with Crippen molar-refractivity contribution in [2.45, 2.75) is 12.5 Å². The summed E-state index contributed by atoms with van der Waals surface area (Å²) in [5.74, 6) is 1.52. The molecule has 2 N–H and O–H groups in total. The lowest BCUT2D eigenvalue weighted by atomic mass is 10.00. The van der Waals surface area contributed by atoms with Gasteiger partial charge in [0.25, 0.3) is 0 Å². The van der Waals surface area contributed by atoms with Crippen LogP contribution < -0.4 is 10.5 Å². The average Bonchev–Trinajstić information content (AvgIpc) is 2.81. The Hall–Kier alpha value is -1.10. The van der Waals surface area contributed by atoms with Gasteiger partial charge in [0.1, 0.15) is 12.4 Å². The van der Waals surface area contributed by atoms with Crippen LogP contribution in [0.2, 0.25) is 0 Å². The molecule has 0 radical (unpaired) electrons. The predicted molar refractivity (Wildman–Crippen MR) is 76.3 cm³/mol. The maximum Gasteiger partial charge on any atom is 0.119 e. The largest absolute Gasteiger partial charge is 0.491 e. The molecule has 1 saturated heterocycles. The highest BCUT2D eigenvalue weighted by molar-refractivity contribution is 5.29. The fourth-order valence-electron chi connectivity index (χ4n) is 2.70. The number of benzene rings is 1. The molecule has 0 bridgehead atoms. The van der Waals surface area contributed by atoms with E-state index in [2.05, 4.69) is 24.1 Å². The highest BCUT2D eigenvalue weighted by Crippen LogP contribution is 2.34. The van der Waals surface area contributed by atoms with E-state index in [0.29, 0.717) is 25.2 Å². The number of ether oxygens (including phenoxy) is 2. The standard InChI is InChI=1S/C15H24N2O2/c1-17-11-12(10-16)9-15(17)13-3-5-14(6-4-13)19-8-7-18-2/h3-6,12,15H,7-11,16H2,1-2H3. The third-order valence-corrected chi connectivity index (χ3v) is 3.79. The summed E-state index contributed by atoms with van der Waals surface area (Å²) in [5, 5.41) is 0. The summed E-state index contributed by atoms with van der Waals surface area (Å²) in [6.07, 6.45) is 1.15. The molecule has 2 rings (SSSR count). The molecule has 4 nitrogen and oxygen atoms in total. The molecule has 0 saturated carbocycles. The van der Waals surface area contributed by atoms with Gasteiger partial charge in [0.05, 0.1) is 6.61 Å². The second-order valence-electron chi connectivity index (χ2n) is 5.20. The van der Waals surface area contributed by atoms with E-state index in [-0.39, 0.29) is 0 Å². The zero-order chi connectivity index (χ0) is 13.7. The average molecular weight is 264 g/mol. The van der Waals surface area contributed by atoms with Crippen molar-refractivity contribution in [3.8, 4) is 5.75 Å². The van der Waals surface area contributed by atoms with Gasteiger partial charge >= 0.3 is 0 Å². The zero-order valence-corrected chi connectivity index (χ0v) is 11.8. The Kier molecular flexibility index (Phi) is 5.19. The number of hydrogen-bond acceptors (Lipinski definition) is 4. The number of rotatable bonds is 6. The fourth-order valence-corrected chi connectivity index (χ4v) is 2.70. The summed E-state index contributed by atoms with van der Waals surface area (Å²) in [6, 6.07) is 8.87. The Morgan fingerprint density at radius 1 is 1.26 bits per heavy atom. The first-order valence-corrected chi connectivity index (χ1v) is 6.86. The van der Waals surface area contributed by atoms with Crippen LogP contribution in [0.15, 0.2) is 24.3 Å². The van der Waals surface area contributed by atoms with Crippen molar-refractivity contribution in [1.82, 2.24) is 4.90 Å². The first kappa shape index (κ1) is 14.3. The molecule has 0 amide bonds. The summed E-state index contributed by atoms with van der Waals surface area (Å²) in [4.78, 5) is 2.39. The Bertz CT molecular complexity index is 380. The topological polar surface area (TPSA) is 47.7 Å². The molecule has 2 atom stereocenters. The fraction of sp³-hybridized carbons (Fsp3) is 0.600. The van der Waals surface area contributed by atoms with Gasteiger partial charge in [-0.3, -0.25) is 4.90 Å². The van der Waals surface area contributed by atoms with Crippen LogP contribution in [0.3, 0.4) is 0 Å². The first-order valence-electron chi connectivity index (χ1n) is 6.86. The van der Waals surface area contributed by atoms with Crippen LogP contribution in [0.25, 0.3) is 0 Å². The molecule has 0 aromatic heterocycles. The van der Waals surface area contributed by atoms with E-state index in [4.69, 9.17) is 15.2 Å². The van der Waals surface area contributed by atoms with E-state index in [1.165, 1.54) is 5.56 Å². The second-order valence-corrected chi connectivity index (χ2v) is 5.20. The monoisotopic (exact) mass is 264 g/mol. The van der Waals surface area contributed by atoms with Crippen molar-refractivity contribution >= 4 is 0 Å². The lowest BCUT2D eigenvalue weighted by Crippen LogP contribution is -2.20. The molecule has 106 valence electrons. The predicted octanol–water partition coefficient (Wildman–Crippen LogP) is 1.66. The number of methoxy groups -OCH3 is 1. The van der Waals surface area contributed by atoms with Crippen LogP contribution in [0, 0.1) is 5.92 Å². The number of nitrogens with two attached hydrogens (primary N) is 1. The Labute approximate surface area is 115 Å². The van der Waals surface area contributed by atoms with E-state index < -0.39 is 0 Å². The number of likely N-dealkylation sites (tertiary alicyclic amines) is 1. The summed E-state index contributed by atoms with van der Waals surface area (Å²) in [7, 11) is 3.85. The van der Waals surface area contributed by atoms with Crippen LogP contribution in [0.5, 0.6) is 5.75 Å². The molecule has 0 aliphatic carbocycles. The van der Waals surface area contributed by atoms with Gasteiger partial charge in [0.15, 0.2) is 0 Å². The third kappa shape index (κ3) is 3.69. The van der Waals surface area contributed by atoms with E-state index in [1.54, 1.807) is 7.11 Å². The van der Waals surface area contributed by atoms with Crippen molar-refractivity contribution in [3.05, 3.63) is 29.8 Å². The quantitative estimate of drug-likeness (QED) is 0.794. The molecule has 1 fully saturated rings. The van der Waals surface area contributed by atoms with E-state index >= 15 is 0 Å². The molecular weight excluding hydrogens is 240 g/mol. The van der Waals surface area contributed by atoms with Crippen LogP contribution in [0.1, 0.15) is 18.0 Å².